The van der Waals surface area contributed by atoms with Crippen LogP contribution in [-0.2, 0) is 27.4 Å². The van der Waals surface area contributed by atoms with E-state index in [2.05, 4.69) is 0 Å². The maximum atomic E-state index is 5.75. The van der Waals surface area contributed by atoms with Crippen LogP contribution in [0.3, 0.4) is 0 Å². The second-order valence-corrected chi connectivity index (χ2v) is 6.49. The first kappa shape index (κ1) is 11.7. The molecule has 2 heterocycles. The molecule has 0 aromatic heterocycles. The van der Waals surface area contributed by atoms with Crippen molar-refractivity contribution < 1.29 is 27.4 Å². The van der Waals surface area contributed by atoms with Crippen LogP contribution in [0.1, 0.15) is 6.42 Å². The monoisotopic (exact) mass is 240 g/mol. The zero-order chi connectivity index (χ0) is 11.0. The van der Waals surface area contributed by atoms with E-state index >= 15 is 0 Å². The molecule has 0 radical (unpaired) electrons. The number of fused-ring (bicyclic) bond motifs is 1. The summed E-state index contributed by atoms with van der Waals surface area (Å²) in [6, 6.07) is 0. The fourth-order valence-corrected chi connectivity index (χ4v) is 4.02. The molecule has 0 spiro atoms. The van der Waals surface area contributed by atoms with E-state index in [1.807, 2.05) is 0 Å². The molecule has 0 N–H and O–H groups in total. The average molecular weight is 240 g/mol. The van der Waals surface area contributed by atoms with Gasteiger partial charge >= 0.3 is 88.3 Å². The van der Waals surface area contributed by atoms with Crippen LogP contribution in [-0.4, -0.2) is 46.8 Å². The Kier molecular flexibility index (Phi) is 3.03. The molecule has 0 aliphatic carbocycles. The Bertz CT molecular complexity index is 232. The zero-order valence-corrected chi connectivity index (χ0v) is 10.1. The van der Waals surface area contributed by atoms with E-state index in [0.717, 1.165) is 6.42 Å². The Balaban J connectivity index is 2.20. The molecular weight excluding hydrogens is 223 g/mol. The fourth-order valence-electron chi connectivity index (χ4n) is 1.86. The van der Waals surface area contributed by atoms with E-state index in [0.29, 0.717) is 13.2 Å². The topological polar surface area (TPSA) is 55.4 Å². The Labute approximate surface area is 89.1 Å². The molecule has 0 aromatic rings. The van der Waals surface area contributed by atoms with Gasteiger partial charge in [-0.3, -0.25) is 0 Å². The Morgan fingerprint density at radius 2 is 1.73 bits per heavy atom. The minimum absolute atomic E-state index is 0.0410. The fraction of sp³-hybridized carbons (Fsp3) is 1.00. The van der Waals surface area contributed by atoms with Gasteiger partial charge in [-0.15, -0.1) is 0 Å². The Morgan fingerprint density at radius 3 is 2.33 bits per heavy atom. The molecule has 0 bridgehead atoms. The first-order chi connectivity index (χ1) is 7.17. The normalized spacial score (nSPS) is 40.3. The van der Waals surface area contributed by atoms with Crippen molar-refractivity contribution in [3.63, 3.8) is 0 Å². The predicted octanol–water partition coefficient (Wildman–Crippen LogP) is 1.26. The molecule has 6 nitrogen and oxygen atoms in total. The standard InChI is InChI=1S/C8H17O6P/c1-9-15(10-2,11-3)13-6-8-7(14-15)4-5-12-8/h7-8H,4-6H2,1-3H3/t7-,8+/m0/s1. The van der Waals surface area contributed by atoms with Crippen molar-refractivity contribution in [3.05, 3.63) is 0 Å². The third kappa shape index (κ3) is 1.70. The second-order valence-electron chi connectivity index (χ2n) is 3.43. The summed E-state index contributed by atoms with van der Waals surface area (Å²) in [6.45, 7) is 1.04. The van der Waals surface area contributed by atoms with Crippen LogP contribution in [0, 0.1) is 0 Å². The molecule has 2 aliphatic heterocycles. The molecular formula is C8H17O6P. The van der Waals surface area contributed by atoms with Gasteiger partial charge in [0.15, 0.2) is 0 Å². The molecule has 90 valence electrons. The van der Waals surface area contributed by atoms with Gasteiger partial charge in [0.2, 0.25) is 0 Å². The van der Waals surface area contributed by atoms with E-state index < -0.39 is 7.74 Å². The maximum absolute atomic E-state index is 5.75. The Hall–Kier alpha value is 0.190. The Morgan fingerprint density at radius 1 is 1.07 bits per heavy atom. The minimum atomic E-state index is -3.79. The molecule has 2 saturated heterocycles. The first-order valence-electron chi connectivity index (χ1n) is 4.84. The summed E-state index contributed by atoms with van der Waals surface area (Å²) in [7, 11) is 0.584. The summed E-state index contributed by atoms with van der Waals surface area (Å²) in [6.07, 6.45) is 0.694. The van der Waals surface area contributed by atoms with Crippen molar-refractivity contribution in [2.24, 2.45) is 0 Å². The van der Waals surface area contributed by atoms with E-state index in [4.69, 9.17) is 27.4 Å². The summed E-state index contributed by atoms with van der Waals surface area (Å²) in [5.41, 5.74) is 0. The summed E-state index contributed by atoms with van der Waals surface area (Å²) in [5, 5.41) is 0. The van der Waals surface area contributed by atoms with Crippen molar-refractivity contribution in [2.75, 3.05) is 34.5 Å². The second kappa shape index (κ2) is 3.89. The van der Waals surface area contributed by atoms with Crippen molar-refractivity contribution >= 4 is 7.74 Å². The summed E-state index contributed by atoms with van der Waals surface area (Å²) < 4.78 is 32.5. The van der Waals surface area contributed by atoms with Crippen LogP contribution in [0.2, 0.25) is 0 Å². The predicted molar refractivity (Wildman–Crippen MR) is 53.1 cm³/mol. The first-order valence-corrected chi connectivity index (χ1v) is 6.66. The molecule has 2 atom stereocenters. The molecule has 2 fully saturated rings. The van der Waals surface area contributed by atoms with Crippen molar-refractivity contribution in [2.45, 2.75) is 18.6 Å². The van der Waals surface area contributed by atoms with Gasteiger partial charge in [-0.1, -0.05) is 0 Å². The van der Waals surface area contributed by atoms with Crippen LogP contribution >= 0.6 is 7.74 Å². The van der Waals surface area contributed by atoms with Gasteiger partial charge in [0, 0.05) is 0 Å². The van der Waals surface area contributed by atoms with Gasteiger partial charge in [0.1, 0.15) is 0 Å². The van der Waals surface area contributed by atoms with Gasteiger partial charge < -0.3 is 0 Å². The number of rotatable bonds is 3. The molecule has 2 aliphatic rings. The number of hydrogen-bond donors (Lipinski definition) is 0. The third-order valence-corrected chi connectivity index (χ3v) is 5.78. The summed E-state index contributed by atoms with van der Waals surface area (Å²) >= 11 is 0. The molecule has 15 heavy (non-hydrogen) atoms. The molecule has 0 amide bonds. The zero-order valence-electron chi connectivity index (χ0n) is 9.17. The van der Waals surface area contributed by atoms with E-state index in [1.54, 1.807) is 0 Å². The summed E-state index contributed by atoms with van der Waals surface area (Å²) in [4.78, 5) is 0. The van der Waals surface area contributed by atoms with E-state index in [9.17, 15) is 0 Å². The van der Waals surface area contributed by atoms with Crippen LogP contribution in [0.15, 0.2) is 0 Å². The summed E-state index contributed by atoms with van der Waals surface area (Å²) in [5.74, 6) is 0. The van der Waals surface area contributed by atoms with Gasteiger partial charge in [0.05, 0.1) is 0 Å². The van der Waals surface area contributed by atoms with Crippen LogP contribution in [0.25, 0.3) is 0 Å². The van der Waals surface area contributed by atoms with Crippen LogP contribution in [0.5, 0.6) is 0 Å². The van der Waals surface area contributed by atoms with Crippen molar-refractivity contribution in [1.29, 1.82) is 0 Å². The van der Waals surface area contributed by atoms with E-state index in [1.165, 1.54) is 21.3 Å². The molecule has 0 saturated carbocycles. The number of ether oxygens (including phenoxy) is 1. The van der Waals surface area contributed by atoms with Gasteiger partial charge in [-0.05, 0) is 0 Å². The molecule has 0 aromatic carbocycles. The van der Waals surface area contributed by atoms with Crippen LogP contribution in [0.4, 0.5) is 0 Å². The van der Waals surface area contributed by atoms with Crippen molar-refractivity contribution in [1.82, 2.24) is 0 Å². The van der Waals surface area contributed by atoms with E-state index in [-0.39, 0.29) is 12.2 Å². The number of hydrogen-bond acceptors (Lipinski definition) is 6. The SMILES string of the molecule is COP1(OC)(OC)OC[C@H]2OCC[C@@H]2O1. The molecule has 0 unspecified atom stereocenters. The van der Waals surface area contributed by atoms with Crippen LogP contribution < -0.4 is 0 Å². The molecule has 7 heteroatoms. The third-order valence-electron chi connectivity index (χ3n) is 2.80. The van der Waals surface area contributed by atoms with Gasteiger partial charge in [-0.25, -0.2) is 0 Å². The van der Waals surface area contributed by atoms with Crippen molar-refractivity contribution in [3.8, 4) is 0 Å². The quantitative estimate of drug-likeness (QED) is 0.692. The van der Waals surface area contributed by atoms with Gasteiger partial charge in [0.25, 0.3) is 0 Å². The van der Waals surface area contributed by atoms with Gasteiger partial charge in [-0.2, -0.15) is 0 Å². The average Bonchev–Trinajstić information content (AvgIpc) is 2.76. The molecule has 2 rings (SSSR count).